The molecule has 8 heteroatoms. The minimum Gasteiger partial charge on any atom is -0.396 e. The van der Waals surface area contributed by atoms with Crippen LogP contribution in [0.4, 0.5) is 5.69 Å². The molecule has 18 heavy (non-hydrogen) atoms. The van der Waals surface area contributed by atoms with Crippen molar-refractivity contribution in [2.24, 2.45) is 7.05 Å². The van der Waals surface area contributed by atoms with E-state index in [1.165, 1.54) is 16.9 Å². The molecule has 98 valence electrons. The number of aliphatic hydroxyl groups is 1. The molecule has 0 radical (unpaired) electrons. The number of rotatable bonds is 5. The van der Waals surface area contributed by atoms with Gasteiger partial charge in [-0.15, -0.1) is 11.3 Å². The van der Waals surface area contributed by atoms with Crippen molar-refractivity contribution < 1.29 is 13.5 Å². The third kappa shape index (κ3) is 2.89. The van der Waals surface area contributed by atoms with Crippen molar-refractivity contribution in [3.8, 4) is 0 Å². The first-order valence-corrected chi connectivity index (χ1v) is 7.52. The number of sulfonamides is 1. The number of aliphatic hydroxyl groups excluding tert-OH is 1. The van der Waals surface area contributed by atoms with Gasteiger partial charge >= 0.3 is 0 Å². The lowest BCUT2D eigenvalue weighted by molar-refractivity contribution is 0.300. The number of thiophene rings is 1. The van der Waals surface area contributed by atoms with E-state index in [9.17, 15) is 8.42 Å². The Morgan fingerprint density at radius 3 is 2.89 bits per heavy atom. The molecule has 2 rings (SSSR count). The van der Waals surface area contributed by atoms with Gasteiger partial charge in [-0.1, -0.05) is 0 Å². The van der Waals surface area contributed by atoms with Crippen molar-refractivity contribution >= 4 is 27.0 Å². The Labute approximate surface area is 109 Å². The van der Waals surface area contributed by atoms with Gasteiger partial charge in [0.1, 0.15) is 4.21 Å². The number of anilines is 1. The van der Waals surface area contributed by atoms with Gasteiger partial charge in [0.05, 0.1) is 11.9 Å². The number of hydrogen-bond donors (Lipinski definition) is 2. The zero-order valence-corrected chi connectivity index (χ0v) is 11.3. The van der Waals surface area contributed by atoms with E-state index in [1.807, 2.05) is 0 Å². The Balaban J connectivity index is 2.19. The van der Waals surface area contributed by atoms with Gasteiger partial charge in [0.2, 0.25) is 0 Å². The largest absolute Gasteiger partial charge is 0.396 e. The van der Waals surface area contributed by atoms with E-state index < -0.39 is 10.0 Å². The van der Waals surface area contributed by atoms with Gasteiger partial charge in [0.15, 0.2) is 0 Å². The topological polar surface area (TPSA) is 84.2 Å². The summed E-state index contributed by atoms with van der Waals surface area (Å²) in [5.41, 5.74) is 0.426. The summed E-state index contributed by atoms with van der Waals surface area (Å²) >= 11 is 1.15. The summed E-state index contributed by atoms with van der Waals surface area (Å²) in [5.74, 6) is 0. The Hall–Kier alpha value is -1.38. The molecule has 2 aromatic heterocycles. The maximum absolute atomic E-state index is 12.0. The van der Waals surface area contributed by atoms with E-state index in [4.69, 9.17) is 5.11 Å². The predicted molar refractivity (Wildman–Crippen MR) is 69.1 cm³/mol. The highest BCUT2D eigenvalue weighted by Gasteiger charge is 2.17. The zero-order chi connectivity index (χ0) is 13.2. The van der Waals surface area contributed by atoms with Crippen LogP contribution in [-0.4, -0.2) is 29.9 Å². The minimum absolute atomic E-state index is 0.00996. The lowest BCUT2D eigenvalue weighted by Crippen LogP contribution is -2.10. The molecule has 2 heterocycles. The standard InChI is InChI=1S/C10H13N3O3S2/c1-13-7-8(6-11-13)12-18(15,16)10-3-2-9(17-10)4-5-14/h2-3,6-7,12,14H,4-5H2,1H3. The summed E-state index contributed by atoms with van der Waals surface area (Å²) in [4.78, 5) is 0.837. The molecule has 0 aliphatic carbocycles. The van der Waals surface area contributed by atoms with Crippen LogP contribution >= 0.6 is 11.3 Å². The summed E-state index contributed by atoms with van der Waals surface area (Å²) in [6.07, 6.45) is 3.49. The van der Waals surface area contributed by atoms with Crippen LogP contribution in [0.1, 0.15) is 4.88 Å². The number of aromatic nitrogens is 2. The van der Waals surface area contributed by atoms with E-state index >= 15 is 0 Å². The Morgan fingerprint density at radius 2 is 2.28 bits per heavy atom. The van der Waals surface area contributed by atoms with Crippen molar-refractivity contribution in [3.05, 3.63) is 29.4 Å². The summed E-state index contributed by atoms with van der Waals surface area (Å²) in [7, 11) is -1.85. The van der Waals surface area contributed by atoms with Gasteiger partial charge < -0.3 is 5.11 Å². The van der Waals surface area contributed by atoms with Gasteiger partial charge in [-0.3, -0.25) is 9.40 Å². The average molecular weight is 287 g/mol. The fraction of sp³-hybridized carbons (Fsp3) is 0.300. The summed E-state index contributed by atoms with van der Waals surface area (Å²) in [6.45, 7) is 0.00996. The molecular weight excluding hydrogens is 274 g/mol. The van der Waals surface area contributed by atoms with E-state index in [-0.39, 0.29) is 10.8 Å². The molecular formula is C10H13N3O3S2. The minimum atomic E-state index is -3.56. The molecule has 0 aromatic carbocycles. The molecule has 0 amide bonds. The SMILES string of the molecule is Cn1cc(NS(=O)(=O)c2ccc(CCO)s2)cn1. The fourth-order valence-electron chi connectivity index (χ4n) is 1.43. The molecule has 0 saturated heterocycles. The lowest BCUT2D eigenvalue weighted by atomic mass is 10.4. The molecule has 2 N–H and O–H groups in total. The van der Waals surface area contributed by atoms with Gasteiger partial charge in [-0.2, -0.15) is 5.10 Å². The second-order valence-corrected chi connectivity index (χ2v) is 6.78. The first-order valence-electron chi connectivity index (χ1n) is 5.22. The lowest BCUT2D eigenvalue weighted by Gasteiger charge is -2.02. The Bertz CT molecular complexity index is 630. The van der Waals surface area contributed by atoms with Gasteiger partial charge in [0.25, 0.3) is 10.0 Å². The maximum atomic E-state index is 12.0. The monoisotopic (exact) mass is 287 g/mol. The van der Waals surface area contributed by atoms with Crippen LogP contribution in [0, 0.1) is 0 Å². The van der Waals surface area contributed by atoms with Gasteiger partial charge in [-0.05, 0) is 12.1 Å². The first-order chi connectivity index (χ1) is 8.51. The Morgan fingerprint density at radius 1 is 1.50 bits per heavy atom. The first kappa shape index (κ1) is 13.1. The van der Waals surface area contributed by atoms with E-state index in [2.05, 4.69) is 9.82 Å². The molecule has 2 aromatic rings. The summed E-state index contributed by atoms with van der Waals surface area (Å²) in [6, 6.07) is 3.24. The maximum Gasteiger partial charge on any atom is 0.271 e. The quantitative estimate of drug-likeness (QED) is 0.852. The highest BCUT2D eigenvalue weighted by molar-refractivity contribution is 7.94. The molecule has 0 bridgehead atoms. The van der Waals surface area contributed by atoms with Crippen LogP contribution in [0.25, 0.3) is 0 Å². The third-order valence-electron chi connectivity index (χ3n) is 2.22. The summed E-state index contributed by atoms with van der Waals surface area (Å²) in [5, 5.41) is 12.7. The molecule has 6 nitrogen and oxygen atoms in total. The molecule has 0 aliphatic heterocycles. The van der Waals surface area contributed by atoms with E-state index in [0.29, 0.717) is 12.1 Å². The molecule has 0 unspecified atom stereocenters. The van der Waals surface area contributed by atoms with Crippen LogP contribution in [-0.2, 0) is 23.5 Å². The second kappa shape index (κ2) is 5.09. The van der Waals surface area contributed by atoms with Crippen LogP contribution < -0.4 is 4.72 Å². The number of aryl methyl sites for hydroxylation is 1. The van der Waals surface area contributed by atoms with Crippen molar-refractivity contribution in [3.63, 3.8) is 0 Å². The van der Waals surface area contributed by atoms with Crippen LogP contribution in [0.2, 0.25) is 0 Å². The highest BCUT2D eigenvalue weighted by Crippen LogP contribution is 2.24. The Kier molecular flexibility index (Phi) is 3.69. The average Bonchev–Trinajstić information content (AvgIpc) is 2.88. The normalized spacial score (nSPS) is 11.7. The number of nitrogens with one attached hydrogen (secondary N) is 1. The van der Waals surface area contributed by atoms with Gasteiger partial charge in [-0.25, -0.2) is 8.42 Å². The van der Waals surface area contributed by atoms with Crippen LogP contribution in [0.3, 0.4) is 0 Å². The number of hydrogen-bond acceptors (Lipinski definition) is 5. The highest BCUT2D eigenvalue weighted by atomic mass is 32.2. The molecule has 0 spiro atoms. The van der Waals surface area contributed by atoms with Crippen molar-refractivity contribution in [2.45, 2.75) is 10.6 Å². The van der Waals surface area contributed by atoms with Gasteiger partial charge in [0, 0.05) is 31.1 Å². The molecule has 0 fully saturated rings. The molecule has 0 aliphatic rings. The van der Waals surface area contributed by atoms with E-state index in [0.717, 1.165) is 16.2 Å². The van der Waals surface area contributed by atoms with Crippen molar-refractivity contribution in [1.82, 2.24) is 9.78 Å². The van der Waals surface area contributed by atoms with E-state index in [1.54, 1.807) is 19.3 Å². The second-order valence-electron chi connectivity index (χ2n) is 3.70. The molecule has 0 saturated carbocycles. The third-order valence-corrected chi connectivity index (χ3v) is 5.24. The zero-order valence-electron chi connectivity index (χ0n) is 9.70. The predicted octanol–water partition coefficient (Wildman–Crippen LogP) is 0.817. The van der Waals surface area contributed by atoms with Crippen molar-refractivity contribution in [2.75, 3.05) is 11.3 Å². The number of nitrogens with zero attached hydrogens (tertiary/aromatic N) is 2. The molecule has 0 atom stereocenters. The van der Waals surface area contributed by atoms with Crippen LogP contribution in [0.15, 0.2) is 28.7 Å². The van der Waals surface area contributed by atoms with Crippen LogP contribution in [0.5, 0.6) is 0 Å². The smallest absolute Gasteiger partial charge is 0.271 e. The summed E-state index contributed by atoms with van der Waals surface area (Å²) < 4.78 is 28.3. The fourth-order valence-corrected chi connectivity index (χ4v) is 3.80. The van der Waals surface area contributed by atoms with Crippen molar-refractivity contribution in [1.29, 1.82) is 0 Å².